The highest BCUT2D eigenvalue weighted by molar-refractivity contribution is 6.76. The lowest BCUT2D eigenvalue weighted by Gasteiger charge is -2.15. The van der Waals surface area contributed by atoms with E-state index in [1.165, 1.54) is 4.57 Å². The summed E-state index contributed by atoms with van der Waals surface area (Å²) in [6, 6.07) is 16.6. The Morgan fingerprint density at radius 3 is 2.58 bits per heavy atom. The van der Waals surface area contributed by atoms with E-state index in [9.17, 15) is 4.79 Å². The number of hydrogen-bond donors (Lipinski definition) is 1. The molecule has 0 amide bonds. The van der Waals surface area contributed by atoms with Crippen LogP contribution in [0.2, 0.25) is 25.7 Å². The van der Waals surface area contributed by atoms with E-state index in [0.29, 0.717) is 17.5 Å². The number of benzene rings is 2. The molecule has 1 heterocycles. The highest BCUT2D eigenvalue weighted by Gasteiger charge is 2.12. The van der Waals surface area contributed by atoms with Gasteiger partial charge in [-0.3, -0.25) is 9.36 Å². The third kappa shape index (κ3) is 4.80. The van der Waals surface area contributed by atoms with Crippen LogP contribution in [0.3, 0.4) is 0 Å². The molecule has 5 nitrogen and oxygen atoms in total. The number of nitrogens with one attached hydrogen (secondary N) is 1. The molecular formula is C20H25N3O2Si. The quantitative estimate of drug-likeness (QED) is 0.495. The molecule has 136 valence electrons. The number of anilines is 2. The fourth-order valence-corrected chi connectivity index (χ4v) is 3.31. The van der Waals surface area contributed by atoms with Crippen molar-refractivity contribution in [2.75, 3.05) is 11.9 Å². The molecule has 3 aromatic rings. The summed E-state index contributed by atoms with van der Waals surface area (Å²) < 4.78 is 7.20. The molecule has 6 heteroatoms. The van der Waals surface area contributed by atoms with E-state index in [1.54, 1.807) is 6.33 Å². The van der Waals surface area contributed by atoms with Crippen LogP contribution in [-0.2, 0) is 11.5 Å². The van der Waals surface area contributed by atoms with E-state index in [1.807, 2.05) is 48.5 Å². The van der Waals surface area contributed by atoms with Gasteiger partial charge in [0.05, 0.1) is 10.9 Å². The van der Waals surface area contributed by atoms with Crippen molar-refractivity contribution in [3.05, 3.63) is 65.2 Å². The van der Waals surface area contributed by atoms with Crippen molar-refractivity contribution in [3.63, 3.8) is 0 Å². The Bertz CT molecular complexity index is 933. The first kappa shape index (κ1) is 18.4. The molecule has 0 radical (unpaired) electrons. The molecule has 26 heavy (non-hydrogen) atoms. The summed E-state index contributed by atoms with van der Waals surface area (Å²) in [7, 11) is -1.13. The Balaban J connectivity index is 1.73. The second kappa shape index (κ2) is 7.84. The molecule has 0 aliphatic rings. The van der Waals surface area contributed by atoms with Crippen molar-refractivity contribution < 1.29 is 4.74 Å². The summed E-state index contributed by atoms with van der Waals surface area (Å²) in [4.78, 5) is 17.0. The van der Waals surface area contributed by atoms with Gasteiger partial charge in [-0.2, -0.15) is 0 Å². The van der Waals surface area contributed by atoms with Crippen molar-refractivity contribution in [2.24, 2.45) is 0 Å². The van der Waals surface area contributed by atoms with Gasteiger partial charge in [0, 0.05) is 26.1 Å². The first-order valence-corrected chi connectivity index (χ1v) is 12.5. The lowest BCUT2D eigenvalue weighted by Crippen LogP contribution is -2.25. The highest BCUT2D eigenvalue weighted by atomic mass is 28.3. The van der Waals surface area contributed by atoms with Crippen molar-refractivity contribution in [1.82, 2.24) is 9.55 Å². The van der Waals surface area contributed by atoms with E-state index in [2.05, 4.69) is 29.9 Å². The Morgan fingerprint density at radius 2 is 1.85 bits per heavy atom. The van der Waals surface area contributed by atoms with E-state index < -0.39 is 8.07 Å². The van der Waals surface area contributed by atoms with Crippen LogP contribution < -0.4 is 10.9 Å². The van der Waals surface area contributed by atoms with Gasteiger partial charge in [-0.05, 0) is 36.4 Å². The molecule has 0 saturated carbocycles. The van der Waals surface area contributed by atoms with Crippen LogP contribution in [0.25, 0.3) is 10.9 Å². The lowest BCUT2D eigenvalue weighted by atomic mass is 10.2. The summed E-state index contributed by atoms with van der Waals surface area (Å²) in [5.74, 6) is 0. The molecule has 1 N–H and O–H groups in total. The van der Waals surface area contributed by atoms with Crippen molar-refractivity contribution >= 4 is 30.4 Å². The molecule has 1 aromatic heterocycles. The van der Waals surface area contributed by atoms with Crippen molar-refractivity contribution in [3.8, 4) is 0 Å². The molecule has 0 aliphatic carbocycles. The summed E-state index contributed by atoms with van der Waals surface area (Å²) in [5.41, 5.74) is 2.50. The van der Waals surface area contributed by atoms with Crippen LogP contribution in [0.15, 0.2) is 59.7 Å². The fourth-order valence-electron chi connectivity index (χ4n) is 2.56. The predicted octanol–water partition coefficient (Wildman–Crippen LogP) is 4.45. The first-order valence-electron chi connectivity index (χ1n) is 8.81. The smallest absolute Gasteiger partial charge is 0.263 e. The maximum Gasteiger partial charge on any atom is 0.263 e. The van der Waals surface area contributed by atoms with E-state index in [4.69, 9.17) is 4.74 Å². The van der Waals surface area contributed by atoms with Crippen LogP contribution in [0.4, 0.5) is 11.4 Å². The van der Waals surface area contributed by atoms with Crippen LogP contribution in [-0.4, -0.2) is 24.2 Å². The van der Waals surface area contributed by atoms with Crippen molar-refractivity contribution in [1.29, 1.82) is 0 Å². The minimum absolute atomic E-state index is 0.0748. The zero-order valence-electron chi connectivity index (χ0n) is 15.5. The Labute approximate surface area is 154 Å². The predicted molar refractivity (Wildman–Crippen MR) is 110 cm³/mol. The molecule has 0 spiro atoms. The van der Waals surface area contributed by atoms with Crippen LogP contribution >= 0.6 is 0 Å². The van der Waals surface area contributed by atoms with E-state index >= 15 is 0 Å². The van der Waals surface area contributed by atoms with Gasteiger partial charge in [0.1, 0.15) is 13.1 Å². The number of aromatic nitrogens is 2. The molecule has 3 rings (SSSR count). The maximum absolute atomic E-state index is 12.6. The normalized spacial score (nSPS) is 11.7. The van der Waals surface area contributed by atoms with Gasteiger partial charge in [0.2, 0.25) is 0 Å². The average molecular weight is 368 g/mol. The monoisotopic (exact) mass is 367 g/mol. The van der Waals surface area contributed by atoms with Crippen molar-refractivity contribution in [2.45, 2.75) is 32.4 Å². The van der Waals surface area contributed by atoms with Gasteiger partial charge in [-0.25, -0.2) is 4.98 Å². The number of fused-ring (bicyclic) bond motifs is 1. The number of para-hydroxylation sites is 1. The molecule has 2 aromatic carbocycles. The van der Waals surface area contributed by atoms with Crippen LogP contribution in [0, 0.1) is 0 Å². The topological polar surface area (TPSA) is 56.1 Å². The second-order valence-electron chi connectivity index (χ2n) is 7.59. The summed E-state index contributed by atoms with van der Waals surface area (Å²) >= 11 is 0. The van der Waals surface area contributed by atoms with Gasteiger partial charge in [0.25, 0.3) is 5.56 Å². The minimum atomic E-state index is -1.13. The lowest BCUT2D eigenvalue weighted by molar-refractivity contribution is 0.0844. The third-order valence-corrected chi connectivity index (χ3v) is 5.82. The zero-order chi connectivity index (χ0) is 18.6. The molecule has 0 fully saturated rings. The Hall–Kier alpha value is -2.44. The highest BCUT2D eigenvalue weighted by Crippen LogP contribution is 2.19. The molecule has 0 atom stereocenters. The average Bonchev–Trinajstić information content (AvgIpc) is 2.60. The third-order valence-electron chi connectivity index (χ3n) is 4.11. The maximum atomic E-state index is 12.6. The summed E-state index contributed by atoms with van der Waals surface area (Å²) in [6.07, 6.45) is 1.56. The Morgan fingerprint density at radius 1 is 1.08 bits per heavy atom. The zero-order valence-corrected chi connectivity index (χ0v) is 16.5. The summed E-state index contributed by atoms with van der Waals surface area (Å²) in [6.45, 7) is 7.85. The first-order chi connectivity index (χ1) is 12.4. The van der Waals surface area contributed by atoms with Gasteiger partial charge >= 0.3 is 0 Å². The number of rotatable bonds is 7. The van der Waals surface area contributed by atoms with E-state index in [-0.39, 0.29) is 12.3 Å². The van der Waals surface area contributed by atoms with E-state index in [0.717, 1.165) is 17.4 Å². The minimum Gasteiger partial charge on any atom is -0.361 e. The largest absolute Gasteiger partial charge is 0.361 e. The van der Waals surface area contributed by atoms with Gasteiger partial charge in [-0.15, -0.1) is 0 Å². The van der Waals surface area contributed by atoms with Gasteiger partial charge in [0.15, 0.2) is 0 Å². The van der Waals surface area contributed by atoms with Gasteiger partial charge in [-0.1, -0.05) is 37.8 Å². The standard InChI is InChI=1S/C20H25N3O2Si/c1-26(2,3)12-11-25-15-23-14-21-19-13-17(9-10-18(19)20(23)24)22-16-7-5-4-6-8-16/h4-10,13-14,22H,11-12,15H2,1-3H3. The second-order valence-corrected chi connectivity index (χ2v) is 13.2. The SMILES string of the molecule is C[Si](C)(C)CCOCn1cnc2cc(Nc3ccccc3)ccc2c1=O. The summed E-state index contributed by atoms with van der Waals surface area (Å²) in [5, 5.41) is 3.91. The Kier molecular flexibility index (Phi) is 5.54. The molecule has 0 aliphatic heterocycles. The fraction of sp³-hybridized carbons (Fsp3) is 0.300. The number of ether oxygens (including phenoxy) is 1. The number of hydrogen-bond acceptors (Lipinski definition) is 4. The molecular weight excluding hydrogens is 342 g/mol. The van der Waals surface area contributed by atoms with Crippen LogP contribution in [0.1, 0.15) is 0 Å². The molecule has 0 bridgehead atoms. The molecule has 0 unspecified atom stereocenters. The van der Waals surface area contributed by atoms with Crippen LogP contribution in [0.5, 0.6) is 0 Å². The number of nitrogens with zero attached hydrogens (tertiary/aromatic N) is 2. The molecule has 0 saturated heterocycles. The van der Waals surface area contributed by atoms with Gasteiger partial charge < -0.3 is 10.1 Å².